The molecule has 0 aromatic carbocycles. The van der Waals surface area contributed by atoms with Gasteiger partial charge in [0.2, 0.25) is 0 Å². The minimum Gasteiger partial charge on any atom is -0.250 e. The minimum absolute atomic E-state index is 0.131. The van der Waals surface area contributed by atoms with Crippen LogP contribution in [0.15, 0.2) is 52.5 Å². The highest BCUT2D eigenvalue weighted by Gasteiger charge is 2.06. The van der Waals surface area contributed by atoms with Gasteiger partial charge in [0.25, 0.3) is 0 Å². The van der Waals surface area contributed by atoms with E-state index in [2.05, 4.69) is 10.1 Å². The van der Waals surface area contributed by atoms with Gasteiger partial charge in [-0.1, -0.05) is 17.7 Å². The maximum absolute atomic E-state index is 12.1. The molecular weight excluding hydrogens is 296 g/mol. The Morgan fingerprint density at radius 2 is 2.15 bits per heavy atom. The van der Waals surface area contributed by atoms with E-state index in [1.165, 1.54) is 20.8 Å². The van der Waals surface area contributed by atoms with Crippen LogP contribution in [0.1, 0.15) is 0 Å². The van der Waals surface area contributed by atoms with Gasteiger partial charge in [-0.2, -0.15) is 0 Å². The molecule has 0 bridgehead atoms. The Labute approximate surface area is 124 Å². The predicted molar refractivity (Wildman–Crippen MR) is 79.4 cm³/mol. The zero-order valence-electron chi connectivity index (χ0n) is 10.4. The summed E-state index contributed by atoms with van der Waals surface area (Å²) >= 11 is 7.54. The number of pyridine rings is 2. The molecule has 7 heteroatoms. The summed E-state index contributed by atoms with van der Waals surface area (Å²) in [5.41, 5.74) is 0.520. The maximum atomic E-state index is 12.1. The Morgan fingerprint density at radius 1 is 1.25 bits per heavy atom. The summed E-state index contributed by atoms with van der Waals surface area (Å²) in [7, 11) is 0. The second kappa shape index (κ2) is 5.68. The highest BCUT2D eigenvalue weighted by Crippen LogP contribution is 2.23. The van der Waals surface area contributed by atoms with Crippen LogP contribution in [0.2, 0.25) is 5.02 Å². The van der Waals surface area contributed by atoms with Crippen molar-refractivity contribution in [1.29, 1.82) is 0 Å². The lowest BCUT2D eigenvalue weighted by Gasteiger charge is -2.01. The number of fused-ring (bicyclic) bond motifs is 1. The number of halogens is 1. The molecule has 102 valence electrons. The molecule has 0 saturated carbocycles. The first kappa shape index (κ1) is 13.2. The summed E-state index contributed by atoms with van der Waals surface area (Å²) in [6.45, 7) is 0.512. The van der Waals surface area contributed by atoms with Crippen molar-refractivity contribution in [3.63, 3.8) is 0 Å². The average molecular weight is 307 g/mol. The molecule has 0 atom stereocenters. The number of rotatable bonds is 4. The number of thioether (sulfide) groups is 1. The van der Waals surface area contributed by atoms with Gasteiger partial charge in [0.05, 0.1) is 11.6 Å². The molecule has 0 aliphatic heterocycles. The van der Waals surface area contributed by atoms with Crippen molar-refractivity contribution in [3.8, 4) is 0 Å². The molecule has 0 radical (unpaired) electrons. The van der Waals surface area contributed by atoms with Crippen LogP contribution < -0.4 is 5.69 Å². The van der Waals surface area contributed by atoms with E-state index in [1.807, 2.05) is 12.1 Å². The summed E-state index contributed by atoms with van der Waals surface area (Å²) in [6.07, 6.45) is 3.41. The van der Waals surface area contributed by atoms with Gasteiger partial charge in [-0.15, -0.1) is 16.9 Å². The van der Waals surface area contributed by atoms with E-state index in [0.29, 0.717) is 23.0 Å². The molecule has 0 amide bonds. The monoisotopic (exact) mass is 306 g/mol. The molecule has 3 aromatic rings. The fourth-order valence-corrected chi connectivity index (χ4v) is 2.90. The van der Waals surface area contributed by atoms with Gasteiger partial charge >= 0.3 is 5.69 Å². The van der Waals surface area contributed by atoms with Crippen LogP contribution in [-0.4, -0.2) is 24.9 Å². The quantitative estimate of drug-likeness (QED) is 0.694. The van der Waals surface area contributed by atoms with Crippen molar-refractivity contribution in [2.45, 2.75) is 11.6 Å². The predicted octanol–water partition coefficient (Wildman–Crippen LogP) is 2.34. The van der Waals surface area contributed by atoms with Crippen LogP contribution in [0.5, 0.6) is 0 Å². The fraction of sp³-hybridized carbons (Fsp3) is 0.154. The lowest BCUT2D eigenvalue weighted by molar-refractivity contribution is 0.639. The third kappa shape index (κ3) is 2.57. The molecule has 3 rings (SSSR count). The standard InChI is InChI=1S/C13H11ClN4OS/c14-10-4-3-6-15-12(10)20-9-8-18-13(19)17-7-2-1-5-11(17)16-18/h1-7H,8-9H2. The van der Waals surface area contributed by atoms with E-state index >= 15 is 0 Å². The summed E-state index contributed by atoms with van der Waals surface area (Å²) in [5.74, 6) is 0.681. The zero-order chi connectivity index (χ0) is 13.9. The van der Waals surface area contributed by atoms with Gasteiger partial charge in [-0.05, 0) is 24.3 Å². The number of aromatic nitrogens is 4. The van der Waals surface area contributed by atoms with E-state index in [9.17, 15) is 4.79 Å². The van der Waals surface area contributed by atoms with Crippen LogP contribution in [0.4, 0.5) is 0 Å². The lowest BCUT2D eigenvalue weighted by atomic mass is 10.5. The van der Waals surface area contributed by atoms with Crippen LogP contribution in [-0.2, 0) is 6.54 Å². The SMILES string of the molecule is O=c1n(CCSc2ncccc2Cl)nc2ccccn12. The largest absolute Gasteiger partial charge is 0.350 e. The van der Waals surface area contributed by atoms with Crippen molar-refractivity contribution in [2.24, 2.45) is 0 Å². The maximum Gasteiger partial charge on any atom is 0.350 e. The van der Waals surface area contributed by atoms with Gasteiger partial charge in [0, 0.05) is 18.1 Å². The Morgan fingerprint density at radius 3 is 2.95 bits per heavy atom. The van der Waals surface area contributed by atoms with Crippen LogP contribution in [0.3, 0.4) is 0 Å². The average Bonchev–Trinajstić information content (AvgIpc) is 2.78. The van der Waals surface area contributed by atoms with E-state index in [4.69, 9.17) is 11.6 Å². The number of hydrogen-bond donors (Lipinski definition) is 0. The molecule has 5 nitrogen and oxygen atoms in total. The number of nitrogens with zero attached hydrogens (tertiary/aromatic N) is 4. The van der Waals surface area contributed by atoms with Gasteiger partial charge in [0.15, 0.2) is 5.65 Å². The Bertz CT molecular complexity index is 798. The Balaban J connectivity index is 1.73. The van der Waals surface area contributed by atoms with Crippen molar-refractivity contribution in [3.05, 3.63) is 58.2 Å². The second-order valence-electron chi connectivity index (χ2n) is 4.07. The van der Waals surface area contributed by atoms with E-state index in [0.717, 1.165) is 5.03 Å². The summed E-state index contributed by atoms with van der Waals surface area (Å²) in [4.78, 5) is 16.2. The van der Waals surface area contributed by atoms with Crippen molar-refractivity contribution < 1.29 is 0 Å². The van der Waals surface area contributed by atoms with Crippen LogP contribution in [0, 0.1) is 0 Å². The molecule has 0 aliphatic rings. The molecular formula is C13H11ClN4OS. The van der Waals surface area contributed by atoms with E-state index in [1.54, 1.807) is 30.6 Å². The van der Waals surface area contributed by atoms with Crippen LogP contribution >= 0.6 is 23.4 Å². The van der Waals surface area contributed by atoms with Gasteiger partial charge in [-0.3, -0.25) is 4.40 Å². The van der Waals surface area contributed by atoms with E-state index < -0.39 is 0 Å². The van der Waals surface area contributed by atoms with Crippen LogP contribution in [0.25, 0.3) is 5.65 Å². The third-order valence-corrected chi connectivity index (χ3v) is 4.16. The minimum atomic E-state index is -0.131. The zero-order valence-corrected chi connectivity index (χ0v) is 12.0. The molecule has 3 heterocycles. The van der Waals surface area contributed by atoms with Gasteiger partial charge in [-0.25, -0.2) is 14.5 Å². The summed E-state index contributed by atoms with van der Waals surface area (Å²) < 4.78 is 2.98. The highest BCUT2D eigenvalue weighted by atomic mass is 35.5. The van der Waals surface area contributed by atoms with Crippen molar-refractivity contribution >= 4 is 29.0 Å². The molecule has 20 heavy (non-hydrogen) atoms. The van der Waals surface area contributed by atoms with E-state index in [-0.39, 0.29) is 5.69 Å². The molecule has 0 saturated heterocycles. The molecule has 3 aromatic heterocycles. The Kier molecular flexibility index (Phi) is 3.75. The molecule has 0 unspecified atom stereocenters. The molecule has 0 aliphatic carbocycles. The normalized spacial score (nSPS) is 11.1. The van der Waals surface area contributed by atoms with Crippen molar-refractivity contribution in [1.82, 2.24) is 19.2 Å². The molecule has 0 fully saturated rings. The first-order valence-electron chi connectivity index (χ1n) is 6.03. The number of aryl methyl sites for hydroxylation is 1. The number of hydrogen-bond acceptors (Lipinski definition) is 4. The van der Waals surface area contributed by atoms with Gasteiger partial charge < -0.3 is 0 Å². The molecule has 0 N–H and O–H groups in total. The smallest absolute Gasteiger partial charge is 0.250 e. The topological polar surface area (TPSA) is 52.2 Å². The summed E-state index contributed by atoms with van der Waals surface area (Å²) in [6, 6.07) is 9.06. The highest BCUT2D eigenvalue weighted by molar-refractivity contribution is 7.99. The van der Waals surface area contributed by atoms with Gasteiger partial charge in [0.1, 0.15) is 5.03 Å². The second-order valence-corrected chi connectivity index (χ2v) is 5.56. The first-order valence-corrected chi connectivity index (χ1v) is 7.39. The Hall–Kier alpha value is -1.79. The third-order valence-electron chi connectivity index (χ3n) is 2.76. The summed E-state index contributed by atoms with van der Waals surface area (Å²) in [5, 5.41) is 5.66. The fourth-order valence-electron chi connectivity index (χ4n) is 1.82. The molecule has 0 spiro atoms. The lowest BCUT2D eigenvalue weighted by Crippen LogP contribution is -2.22. The van der Waals surface area contributed by atoms with Crippen molar-refractivity contribution in [2.75, 3.05) is 5.75 Å². The first-order chi connectivity index (χ1) is 9.75.